The van der Waals surface area contributed by atoms with Gasteiger partial charge in [0.1, 0.15) is 5.82 Å². The standard InChI is InChI=1S/C17H23N3O/c1-3-11-20-14-9-6-5-8-13(14)18-17(20)15-10-7-12-19(15)16(21)4-2/h5-6,8-9,15H,3-4,7,10-12H2,1-2H3/t15-/m1/s1. The molecule has 0 bridgehead atoms. The second-order valence-electron chi connectivity index (χ2n) is 5.71. The van der Waals surface area contributed by atoms with Crippen molar-refractivity contribution in [3.8, 4) is 0 Å². The normalized spacial score (nSPS) is 18.6. The number of para-hydroxylation sites is 2. The average Bonchev–Trinajstić information content (AvgIpc) is 3.11. The van der Waals surface area contributed by atoms with Crippen molar-refractivity contribution in [2.75, 3.05) is 6.54 Å². The molecule has 1 aliphatic heterocycles. The largest absolute Gasteiger partial charge is 0.333 e. The number of carbonyl (C=O) groups excluding carboxylic acids is 1. The van der Waals surface area contributed by atoms with Gasteiger partial charge in [-0.25, -0.2) is 4.98 Å². The lowest BCUT2D eigenvalue weighted by atomic mass is 10.2. The summed E-state index contributed by atoms with van der Waals surface area (Å²) in [7, 11) is 0. The van der Waals surface area contributed by atoms with Crippen LogP contribution >= 0.6 is 0 Å². The zero-order valence-electron chi connectivity index (χ0n) is 12.9. The Bertz CT molecular complexity index is 647. The average molecular weight is 285 g/mol. The second-order valence-corrected chi connectivity index (χ2v) is 5.71. The van der Waals surface area contributed by atoms with Crippen LogP contribution in [0, 0.1) is 0 Å². The Morgan fingerprint density at radius 3 is 2.90 bits per heavy atom. The second kappa shape index (κ2) is 5.88. The van der Waals surface area contributed by atoms with Gasteiger partial charge in [0, 0.05) is 19.5 Å². The number of carbonyl (C=O) groups is 1. The van der Waals surface area contributed by atoms with Crippen molar-refractivity contribution in [3.63, 3.8) is 0 Å². The Balaban J connectivity index is 2.06. The third-order valence-corrected chi connectivity index (χ3v) is 4.30. The van der Waals surface area contributed by atoms with Crippen molar-refractivity contribution < 1.29 is 4.79 Å². The van der Waals surface area contributed by atoms with Crippen LogP contribution in [-0.2, 0) is 11.3 Å². The third-order valence-electron chi connectivity index (χ3n) is 4.30. The highest BCUT2D eigenvalue weighted by Gasteiger charge is 2.32. The maximum Gasteiger partial charge on any atom is 0.222 e. The van der Waals surface area contributed by atoms with E-state index >= 15 is 0 Å². The Hall–Kier alpha value is -1.84. The lowest BCUT2D eigenvalue weighted by molar-refractivity contribution is -0.131. The number of aromatic nitrogens is 2. The summed E-state index contributed by atoms with van der Waals surface area (Å²) in [5, 5.41) is 0. The minimum absolute atomic E-state index is 0.149. The minimum Gasteiger partial charge on any atom is -0.333 e. The van der Waals surface area contributed by atoms with Crippen molar-refractivity contribution in [1.29, 1.82) is 0 Å². The molecule has 1 aromatic heterocycles. The number of amides is 1. The first-order valence-electron chi connectivity index (χ1n) is 8.00. The molecule has 0 aliphatic carbocycles. The Kier molecular flexibility index (Phi) is 3.95. The number of likely N-dealkylation sites (tertiary alicyclic amines) is 1. The van der Waals surface area contributed by atoms with Crippen molar-refractivity contribution >= 4 is 16.9 Å². The van der Waals surface area contributed by atoms with Gasteiger partial charge in [-0.05, 0) is 31.4 Å². The molecule has 2 heterocycles. The van der Waals surface area contributed by atoms with Crippen LogP contribution in [0.3, 0.4) is 0 Å². The van der Waals surface area contributed by atoms with E-state index in [2.05, 4.69) is 29.7 Å². The van der Waals surface area contributed by atoms with Crippen LogP contribution < -0.4 is 0 Å². The molecule has 3 rings (SSSR count). The molecule has 4 heteroatoms. The zero-order valence-corrected chi connectivity index (χ0v) is 12.9. The van der Waals surface area contributed by atoms with Crippen molar-refractivity contribution in [2.45, 2.75) is 52.1 Å². The van der Waals surface area contributed by atoms with E-state index in [4.69, 9.17) is 4.98 Å². The first-order valence-corrected chi connectivity index (χ1v) is 8.00. The van der Waals surface area contributed by atoms with Crippen LogP contribution in [0.1, 0.15) is 51.4 Å². The van der Waals surface area contributed by atoms with E-state index < -0.39 is 0 Å². The summed E-state index contributed by atoms with van der Waals surface area (Å²) in [5.41, 5.74) is 2.22. The Morgan fingerprint density at radius 1 is 1.33 bits per heavy atom. The lowest BCUT2D eigenvalue weighted by Crippen LogP contribution is -2.31. The monoisotopic (exact) mass is 285 g/mol. The van der Waals surface area contributed by atoms with Crippen molar-refractivity contribution in [3.05, 3.63) is 30.1 Å². The summed E-state index contributed by atoms with van der Waals surface area (Å²) in [5.74, 6) is 1.31. The van der Waals surface area contributed by atoms with E-state index in [9.17, 15) is 4.79 Å². The quantitative estimate of drug-likeness (QED) is 0.862. The summed E-state index contributed by atoms with van der Waals surface area (Å²) in [6.07, 6.45) is 3.75. The topological polar surface area (TPSA) is 38.1 Å². The van der Waals surface area contributed by atoms with E-state index in [-0.39, 0.29) is 11.9 Å². The summed E-state index contributed by atoms with van der Waals surface area (Å²) in [6, 6.07) is 8.42. The highest BCUT2D eigenvalue weighted by molar-refractivity contribution is 5.78. The number of hydrogen-bond acceptors (Lipinski definition) is 2. The molecule has 0 unspecified atom stereocenters. The number of aryl methyl sites for hydroxylation is 1. The van der Waals surface area contributed by atoms with Gasteiger partial charge in [-0.15, -0.1) is 0 Å². The molecule has 1 aromatic carbocycles. The number of rotatable bonds is 4. The molecule has 1 atom stereocenters. The SMILES string of the molecule is CCCn1c([C@H]2CCCN2C(=O)CC)nc2ccccc21. The van der Waals surface area contributed by atoms with Gasteiger partial charge in [0.05, 0.1) is 17.1 Å². The van der Waals surface area contributed by atoms with E-state index in [0.717, 1.165) is 43.7 Å². The smallest absolute Gasteiger partial charge is 0.222 e. The van der Waals surface area contributed by atoms with Crippen LogP contribution in [0.4, 0.5) is 0 Å². The van der Waals surface area contributed by atoms with Gasteiger partial charge in [-0.3, -0.25) is 4.79 Å². The van der Waals surface area contributed by atoms with Gasteiger partial charge in [0.25, 0.3) is 0 Å². The van der Waals surface area contributed by atoms with Gasteiger partial charge in [-0.2, -0.15) is 0 Å². The first-order chi connectivity index (χ1) is 10.3. The summed E-state index contributed by atoms with van der Waals surface area (Å²) in [4.78, 5) is 19.0. The third kappa shape index (κ3) is 2.43. The molecule has 0 N–H and O–H groups in total. The number of hydrogen-bond donors (Lipinski definition) is 0. The lowest BCUT2D eigenvalue weighted by Gasteiger charge is -2.24. The predicted octanol–water partition coefficient (Wildman–Crippen LogP) is 3.52. The van der Waals surface area contributed by atoms with Gasteiger partial charge >= 0.3 is 0 Å². The first kappa shape index (κ1) is 14.1. The fraction of sp³-hybridized carbons (Fsp3) is 0.529. The van der Waals surface area contributed by atoms with Crippen molar-refractivity contribution in [1.82, 2.24) is 14.5 Å². The van der Waals surface area contributed by atoms with Gasteiger partial charge in [0.2, 0.25) is 5.91 Å². The molecule has 0 spiro atoms. The highest BCUT2D eigenvalue weighted by atomic mass is 16.2. The number of fused-ring (bicyclic) bond motifs is 1. The fourth-order valence-electron chi connectivity index (χ4n) is 3.34. The van der Waals surface area contributed by atoms with E-state index in [1.54, 1.807) is 0 Å². The number of benzene rings is 1. The molecular weight excluding hydrogens is 262 g/mol. The molecule has 0 radical (unpaired) electrons. The molecule has 1 amide bonds. The van der Waals surface area contributed by atoms with Crippen LogP contribution in [0.25, 0.3) is 11.0 Å². The van der Waals surface area contributed by atoms with E-state index in [1.807, 2.05) is 17.9 Å². The van der Waals surface area contributed by atoms with Gasteiger partial charge in [-0.1, -0.05) is 26.0 Å². The Labute approximate surface area is 125 Å². The van der Waals surface area contributed by atoms with Crippen LogP contribution in [0.15, 0.2) is 24.3 Å². The zero-order chi connectivity index (χ0) is 14.8. The molecule has 1 fully saturated rings. The maximum atomic E-state index is 12.2. The van der Waals surface area contributed by atoms with Crippen LogP contribution in [-0.4, -0.2) is 26.9 Å². The molecule has 0 saturated carbocycles. The summed E-state index contributed by atoms with van der Waals surface area (Å²) >= 11 is 0. The molecule has 4 nitrogen and oxygen atoms in total. The highest BCUT2D eigenvalue weighted by Crippen LogP contribution is 2.33. The summed E-state index contributed by atoms with van der Waals surface area (Å²) in [6.45, 7) is 5.95. The molecule has 112 valence electrons. The number of nitrogens with zero attached hydrogens (tertiary/aromatic N) is 3. The molecule has 1 saturated heterocycles. The Morgan fingerprint density at radius 2 is 2.14 bits per heavy atom. The van der Waals surface area contributed by atoms with E-state index in [0.29, 0.717) is 6.42 Å². The van der Waals surface area contributed by atoms with Crippen LogP contribution in [0.2, 0.25) is 0 Å². The van der Waals surface area contributed by atoms with Gasteiger partial charge < -0.3 is 9.47 Å². The van der Waals surface area contributed by atoms with E-state index in [1.165, 1.54) is 5.52 Å². The maximum absolute atomic E-state index is 12.2. The molecule has 21 heavy (non-hydrogen) atoms. The van der Waals surface area contributed by atoms with Crippen molar-refractivity contribution in [2.24, 2.45) is 0 Å². The number of imidazole rings is 1. The van der Waals surface area contributed by atoms with Crippen LogP contribution in [0.5, 0.6) is 0 Å². The van der Waals surface area contributed by atoms with Gasteiger partial charge in [0.15, 0.2) is 0 Å². The summed E-state index contributed by atoms with van der Waals surface area (Å²) < 4.78 is 2.31. The molecule has 1 aliphatic rings. The molecule has 2 aromatic rings. The fourth-order valence-corrected chi connectivity index (χ4v) is 3.34. The predicted molar refractivity (Wildman–Crippen MR) is 84.0 cm³/mol. The molecular formula is C17H23N3O. The minimum atomic E-state index is 0.149.